The number of aliphatic carboxylic acids is 1. The van der Waals surface area contributed by atoms with Gasteiger partial charge in [-0.05, 0) is 19.3 Å². The van der Waals surface area contributed by atoms with Crippen LogP contribution in [0.4, 0.5) is 0 Å². The lowest BCUT2D eigenvalue weighted by Crippen LogP contribution is -2.12. The topological polar surface area (TPSA) is 89.9 Å². The molecule has 0 radical (unpaired) electrons. The van der Waals surface area contributed by atoms with Gasteiger partial charge in [-0.15, -0.1) is 0 Å². The fourth-order valence-electron chi connectivity index (χ4n) is 3.49. The molecule has 0 saturated heterocycles. The van der Waals surface area contributed by atoms with Crippen molar-refractivity contribution in [3.8, 4) is 0 Å². The largest absolute Gasteiger partial charge is 0.481 e. The number of ether oxygens (including phenoxy) is 2. The quantitative estimate of drug-likeness (QED) is 0.105. The third-order valence-corrected chi connectivity index (χ3v) is 5.45. The minimum absolute atomic E-state index is 0.0432. The van der Waals surface area contributed by atoms with Gasteiger partial charge in [-0.2, -0.15) is 0 Å². The maximum atomic E-state index is 11.6. The van der Waals surface area contributed by atoms with E-state index < -0.39 is 11.9 Å². The second-order valence-corrected chi connectivity index (χ2v) is 8.45. The van der Waals surface area contributed by atoms with Crippen LogP contribution >= 0.6 is 0 Å². The minimum atomic E-state index is -0.874. The van der Waals surface area contributed by atoms with Gasteiger partial charge in [0.05, 0.1) is 0 Å². The summed E-state index contributed by atoms with van der Waals surface area (Å²) < 4.78 is 9.72. The van der Waals surface area contributed by atoms with Crippen LogP contribution in [-0.4, -0.2) is 29.8 Å². The fourth-order valence-corrected chi connectivity index (χ4v) is 3.49. The van der Waals surface area contributed by atoms with E-state index in [4.69, 9.17) is 14.6 Å². The zero-order valence-corrected chi connectivity index (χ0v) is 19.8. The summed E-state index contributed by atoms with van der Waals surface area (Å²) >= 11 is 0. The normalized spacial score (nSPS) is 10.7. The van der Waals surface area contributed by atoms with Crippen molar-refractivity contribution >= 4 is 17.9 Å². The van der Waals surface area contributed by atoms with Gasteiger partial charge < -0.3 is 14.6 Å². The van der Waals surface area contributed by atoms with Crippen LogP contribution in [0, 0.1) is 0 Å². The summed E-state index contributed by atoms with van der Waals surface area (Å²) in [5.41, 5.74) is 0. The molecule has 0 fully saturated rings. The van der Waals surface area contributed by atoms with Crippen molar-refractivity contribution in [1.82, 2.24) is 0 Å². The van der Waals surface area contributed by atoms with Gasteiger partial charge in [-0.3, -0.25) is 14.4 Å². The first-order valence-electron chi connectivity index (χ1n) is 12.6. The summed E-state index contributed by atoms with van der Waals surface area (Å²) in [6, 6.07) is 0. The molecule has 6 nitrogen and oxygen atoms in total. The van der Waals surface area contributed by atoms with Crippen LogP contribution in [0.2, 0.25) is 0 Å². The molecule has 1 N–H and O–H groups in total. The van der Waals surface area contributed by atoms with Crippen molar-refractivity contribution in [2.45, 2.75) is 135 Å². The molecule has 0 unspecified atom stereocenters. The number of unbranched alkanes of at least 4 members (excludes halogenated alkanes) is 15. The zero-order valence-electron chi connectivity index (χ0n) is 19.8. The highest BCUT2D eigenvalue weighted by Crippen LogP contribution is 2.13. The number of rotatable bonds is 23. The first-order chi connectivity index (χ1) is 15.1. The van der Waals surface area contributed by atoms with Gasteiger partial charge in [0.15, 0.2) is 0 Å². The maximum absolute atomic E-state index is 11.6. The van der Waals surface area contributed by atoms with E-state index in [1.807, 2.05) is 0 Å². The molecule has 0 aliphatic heterocycles. The number of hydrogen-bond acceptors (Lipinski definition) is 5. The van der Waals surface area contributed by atoms with E-state index in [0.29, 0.717) is 19.3 Å². The van der Waals surface area contributed by atoms with Crippen molar-refractivity contribution in [3.05, 3.63) is 0 Å². The fraction of sp³-hybridized carbons (Fsp3) is 0.880. The number of carboxylic acid groups (broad SMARTS) is 1. The van der Waals surface area contributed by atoms with Crippen molar-refractivity contribution < 1.29 is 29.0 Å². The van der Waals surface area contributed by atoms with Crippen LogP contribution in [0.15, 0.2) is 0 Å². The van der Waals surface area contributed by atoms with Gasteiger partial charge in [0.1, 0.15) is 0 Å². The molecule has 182 valence electrons. The van der Waals surface area contributed by atoms with Crippen molar-refractivity contribution in [3.63, 3.8) is 0 Å². The molecule has 0 atom stereocenters. The molecule has 6 heteroatoms. The molecule has 0 rings (SSSR count). The number of carbonyl (C=O) groups is 3. The van der Waals surface area contributed by atoms with E-state index in [0.717, 1.165) is 19.3 Å². The van der Waals surface area contributed by atoms with E-state index in [1.165, 1.54) is 77.0 Å². The first kappa shape index (κ1) is 29.4. The minimum Gasteiger partial charge on any atom is -0.481 e. The third-order valence-electron chi connectivity index (χ3n) is 5.45. The predicted octanol–water partition coefficient (Wildman–Crippen LogP) is 6.94. The second-order valence-electron chi connectivity index (χ2n) is 8.45. The molecule has 0 aliphatic rings. The summed E-state index contributed by atoms with van der Waals surface area (Å²) in [4.78, 5) is 33.4. The predicted molar refractivity (Wildman–Crippen MR) is 123 cm³/mol. The van der Waals surface area contributed by atoms with Crippen LogP contribution in [0.25, 0.3) is 0 Å². The summed E-state index contributed by atoms with van der Waals surface area (Å²) in [6.07, 6.45) is 20.6. The first-order valence-corrected chi connectivity index (χ1v) is 12.6. The second kappa shape index (κ2) is 23.1. The highest BCUT2D eigenvalue weighted by Gasteiger charge is 2.07. The lowest BCUT2D eigenvalue weighted by molar-refractivity contribution is -0.167. The van der Waals surface area contributed by atoms with Gasteiger partial charge in [0.2, 0.25) is 6.79 Å². The Kier molecular flexibility index (Phi) is 21.9. The number of hydrogen-bond donors (Lipinski definition) is 1. The molecular formula is C25H46O6. The van der Waals surface area contributed by atoms with Gasteiger partial charge >= 0.3 is 17.9 Å². The molecule has 0 amide bonds. The summed E-state index contributed by atoms with van der Waals surface area (Å²) in [6.45, 7) is 1.91. The number of carbonyl (C=O) groups excluding carboxylic acids is 2. The lowest BCUT2D eigenvalue weighted by atomic mass is 10.0. The molecule has 0 aliphatic carbocycles. The molecule has 0 aromatic carbocycles. The molecule has 0 heterocycles. The van der Waals surface area contributed by atoms with Gasteiger partial charge in [0, 0.05) is 19.3 Å². The third kappa shape index (κ3) is 24.6. The molecule has 0 saturated carbocycles. The van der Waals surface area contributed by atoms with Crippen LogP contribution in [0.3, 0.4) is 0 Å². The molecule has 0 aromatic rings. The maximum Gasteiger partial charge on any atom is 0.308 e. The van der Waals surface area contributed by atoms with E-state index in [9.17, 15) is 14.4 Å². The number of esters is 2. The average molecular weight is 443 g/mol. The average Bonchev–Trinajstić information content (AvgIpc) is 2.74. The molecule has 0 aromatic heterocycles. The monoisotopic (exact) mass is 442 g/mol. The Morgan fingerprint density at radius 2 is 0.839 bits per heavy atom. The SMILES string of the molecule is CCCCCCCCCCCCCCCCCC(=O)OCOC(=O)CCCCC(=O)O. The summed E-state index contributed by atoms with van der Waals surface area (Å²) in [5, 5.41) is 8.51. The molecule has 0 bridgehead atoms. The van der Waals surface area contributed by atoms with Crippen molar-refractivity contribution in [2.24, 2.45) is 0 Å². The Morgan fingerprint density at radius 1 is 0.516 bits per heavy atom. The molecule has 0 spiro atoms. The van der Waals surface area contributed by atoms with Crippen molar-refractivity contribution in [1.29, 1.82) is 0 Å². The summed E-state index contributed by atoms with van der Waals surface area (Å²) in [7, 11) is 0. The Labute approximate surface area is 189 Å². The van der Waals surface area contributed by atoms with E-state index in [-0.39, 0.29) is 25.6 Å². The van der Waals surface area contributed by atoms with Crippen molar-refractivity contribution in [2.75, 3.05) is 6.79 Å². The smallest absolute Gasteiger partial charge is 0.308 e. The zero-order chi connectivity index (χ0) is 23.0. The molecular weight excluding hydrogens is 396 g/mol. The van der Waals surface area contributed by atoms with E-state index >= 15 is 0 Å². The van der Waals surface area contributed by atoms with Crippen LogP contribution < -0.4 is 0 Å². The van der Waals surface area contributed by atoms with Crippen LogP contribution in [0.1, 0.15) is 135 Å². The van der Waals surface area contributed by atoms with Gasteiger partial charge in [-0.25, -0.2) is 0 Å². The van der Waals surface area contributed by atoms with Gasteiger partial charge in [0.25, 0.3) is 0 Å². The highest BCUT2D eigenvalue weighted by atomic mass is 16.7. The van der Waals surface area contributed by atoms with E-state index in [2.05, 4.69) is 6.92 Å². The Balaban J connectivity index is 3.27. The Morgan fingerprint density at radius 3 is 1.23 bits per heavy atom. The summed E-state index contributed by atoms with van der Waals surface area (Å²) in [5.74, 6) is -1.68. The highest BCUT2D eigenvalue weighted by molar-refractivity contribution is 5.71. The van der Waals surface area contributed by atoms with Crippen LogP contribution in [-0.2, 0) is 23.9 Å². The van der Waals surface area contributed by atoms with E-state index in [1.54, 1.807) is 0 Å². The Bertz CT molecular complexity index is 449. The van der Waals surface area contributed by atoms with Gasteiger partial charge in [-0.1, -0.05) is 96.8 Å². The van der Waals surface area contributed by atoms with Crippen LogP contribution in [0.5, 0.6) is 0 Å². The number of carboxylic acids is 1. The lowest BCUT2D eigenvalue weighted by Gasteiger charge is -2.06. The Hall–Kier alpha value is -1.59. The molecule has 31 heavy (non-hydrogen) atoms. The standard InChI is InChI=1S/C25H46O6/c1-2-3-4-5-6-7-8-9-10-11-12-13-14-15-16-20-24(28)30-22-31-25(29)21-18-17-19-23(26)27/h2-22H2,1H3,(H,26,27).